The molecule has 0 aliphatic rings. The molecule has 0 aliphatic heterocycles. The molecule has 0 spiro atoms. The van der Waals surface area contributed by atoms with Gasteiger partial charge in [-0.05, 0) is 53.9 Å². The van der Waals surface area contributed by atoms with Crippen molar-refractivity contribution in [2.75, 3.05) is 7.11 Å². The molecule has 0 radical (unpaired) electrons. The molecular formula is C23H18Cl2N2O2. The Bertz CT molecular complexity index is 1270. The number of nitrogens with zero attached hydrogens (tertiary/aromatic N) is 2. The average Bonchev–Trinajstić information content (AvgIpc) is 2.75. The minimum Gasteiger partial charge on any atom is -0.495 e. The maximum atomic E-state index is 13.1. The molecule has 0 saturated heterocycles. The summed E-state index contributed by atoms with van der Waals surface area (Å²) in [5.74, 6) is 0.581. The van der Waals surface area contributed by atoms with Crippen molar-refractivity contribution in [3.63, 3.8) is 0 Å². The summed E-state index contributed by atoms with van der Waals surface area (Å²) < 4.78 is 6.90. The van der Waals surface area contributed by atoms with Gasteiger partial charge in [0.2, 0.25) is 0 Å². The smallest absolute Gasteiger partial charge is 0.265 e. The second kappa shape index (κ2) is 7.90. The minimum atomic E-state index is -0.123. The van der Waals surface area contributed by atoms with Gasteiger partial charge in [-0.3, -0.25) is 9.36 Å². The number of methoxy groups -OCH3 is 1. The van der Waals surface area contributed by atoms with Gasteiger partial charge in [0.25, 0.3) is 5.56 Å². The zero-order valence-corrected chi connectivity index (χ0v) is 17.5. The highest BCUT2D eigenvalue weighted by molar-refractivity contribution is 6.37. The number of aryl methyl sites for hydroxylation is 1. The Balaban J connectivity index is 1.82. The van der Waals surface area contributed by atoms with Crippen LogP contribution in [0.1, 0.15) is 16.7 Å². The maximum absolute atomic E-state index is 13.1. The molecule has 146 valence electrons. The Labute approximate surface area is 178 Å². The van der Waals surface area contributed by atoms with E-state index in [0.717, 1.165) is 22.4 Å². The molecule has 0 saturated carbocycles. The summed E-state index contributed by atoms with van der Waals surface area (Å²) in [5, 5.41) is 1.63. The van der Waals surface area contributed by atoms with Gasteiger partial charge in [-0.15, -0.1) is 0 Å². The van der Waals surface area contributed by atoms with E-state index in [1.165, 1.54) is 0 Å². The van der Waals surface area contributed by atoms with E-state index in [2.05, 4.69) is 4.98 Å². The summed E-state index contributed by atoms with van der Waals surface area (Å²) in [5.41, 5.74) is 3.87. The maximum Gasteiger partial charge on any atom is 0.265 e. The summed E-state index contributed by atoms with van der Waals surface area (Å²) in [7, 11) is 1.58. The van der Waals surface area contributed by atoms with E-state index in [4.69, 9.17) is 27.9 Å². The van der Waals surface area contributed by atoms with Gasteiger partial charge in [-0.2, -0.15) is 0 Å². The Morgan fingerprint density at radius 3 is 2.52 bits per heavy atom. The molecule has 29 heavy (non-hydrogen) atoms. The molecule has 4 rings (SSSR count). The van der Waals surface area contributed by atoms with Crippen molar-refractivity contribution < 1.29 is 4.74 Å². The van der Waals surface area contributed by atoms with E-state index in [-0.39, 0.29) is 5.56 Å². The summed E-state index contributed by atoms with van der Waals surface area (Å²) in [6, 6.07) is 16.9. The molecule has 0 amide bonds. The number of halogens is 2. The van der Waals surface area contributed by atoms with Crippen LogP contribution < -0.4 is 10.3 Å². The third-order valence-corrected chi connectivity index (χ3v) is 5.84. The summed E-state index contributed by atoms with van der Waals surface area (Å²) in [6.07, 6.45) is 2.03. The van der Waals surface area contributed by atoms with Crippen LogP contribution in [0.5, 0.6) is 5.75 Å². The third-order valence-electron chi connectivity index (χ3n) is 4.90. The second-order valence-corrected chi connectivity index (χ2v) is 7.54. The first-order valence-corrected chi connectivity index (χ1v) is 9.82. The zero-order valence-electron chi connectivity index (χ0n) is 15.9. The first-order chi connectivity index (χ1) is 14.0. The lowest BCUT2D eigenvalue weighted by Crippen LogP contribution is -2.18. The molecule has 0 aliphatic carbocycles. The molecule has 3 aromatic carbocycles. The van der Waals surface area contributed by atoms with Gasteiger partial charge in [-0.1, -0.05) is 47.5 Å². The quantitative estimate of drug-likeness (QED) is 0.428. The normalized spacial score (nSPS) is 11.0. The van der Waals surface area contributed by atoms with Crippen molar-refractivity contribution in [2.24, 2.45) is 0 Å². The number of rotatable bonds is 4. The zero-order chi connectivity index (χ0) is 20.5. The lowest BCUT2D eigenvalue weighted by molar-refractivity contribution is 0.414. The lowest BCUT2D eigenvalue weighted by Gasteiger charge is -2.14. The van der Waals surface area contributed by atoms with Crippen molar-refractivity contribution in [1.29, 1.82) is 0 Å². The minimum absolute atomic E-state index is 0.123. The molecule has 1 heterocycles. The van der Waals surface area contributed by atoms with Crippen LogP contribution in [0.3, 0.4) is 0 Å². The van der Waals surface area contributed by atoms with E-state index in [1.807, 2.05) is 61.5 Å². The summed E-state index contributed by atoms with van der Waals surface area (Å²) in [6.45, 7) is 1.91. The predicted octanol–water partition coefficient (Wildman–Crippen LogP) is 5.60. The van der Waals surface area contributed by atoms with Gasteiger partial charge in [-0.25, -0.2) is 4.98 Å². The van der Waals surface area contributed by atoms with Crippen LogP contribution in [0.2, 0.25) is 10.0 Å². The van der Waals surface area contributed by atoms with Crippen LogP contribution in [-0.4, -0.2) is 16.7 Å². The fraction of sp³-hybridized carbons (Fsp3) is 0.130. The molecule has 0 fully saturated rings. The molecule has 0 unspecified atom stereocenters. The van der Waals surface area contributed by atoms with Gasteiger partial charge in [0, 0.05) is 11.4 Å². The van der Waals surface area contributed by atoms with Crippen molar-refractivity contribution in [1.82, 2.24) is 9.55 Å². The van der Waals surface area contributed by atoms with Gasteiger partial charge in [0.05, 0.1) is 28.7 Å². The Morgan fingerprint density at radius 2 is 1.79 bits per heavy atom. The van der Waals surface area contributed by atoms with Crippen LogP contribution in [-0.2, 0) is 6.42 Å². The van der Waals surface area contributed by atoms with Gasteiger partial charge in [0.15, 0.2) is 0 Å². The number of hydrogen-bond acceptors (Lipinski definition) is 3. The third kappa shape index (κ3) is 3.61. The molecule has 4 aromatic rings. The fourth-order valence-corrected chi connectivity index (χ4v) is 3.92. The number of benzene rings is 3. The highest BCUT2D eigenvalue weighted by Crippen LogP contribution is 2.37. The van der Waals surface area contributed by atoms with E-state index >= 15 is 0 Å². The van der Waals surface area contributed by atoms with E-state index in [0.29, 0.717) is 33.1 Å². The molecule has 1 aromatic heterocycles. The molecule has 0 N–H and O–H groups in total. The SMILES string of the molecule is COc1cc(C)c(Cl)c(Cc2ccc3ncn(-c4ccccc4)c(=O)c3c2)c1Cl. The van der Waals surface area contributed by atoms with Crippen LogP contribution in [0.25, 0.3) is 16.6 Å². The average molecular weight is 425 g/mol. The molecule has 0 atom stereocenters. The highest BCUT2D eigenvalue weighted by atomic mass is 35.5. The number of hydrogen-bond donors (Lipinski definition) is 0. The van der Waals surface area contributed by atoms with Crippen molar-refractivity contribution in [2.45, 2.75) is 13.3 Å². The Kier molecular flexibility index (Phi) is 5.31. The number of aromatic nitrogens is 2. The fourth-order valence-electron chi connectivity index (χ4n) is 3.37. The topological polar surface area (TPSA) is 44.1 Å². The Hall–Kier alpha value is -2.82. The molecule has 0 bridgehead atoms. The van der Waals surface area contributed by atoms with Crippen molar-refractivity contribution >= 4 is 34.1 Å². The lowest BCUT2D eigenvalue weighted by atomic mass is 10.0. The highest BCUT2D eigenvalue weighted by Gasteiger charge is 2.16. The van der Waals surface area contributed by atoms with Crippen molar-refractivity contribution in [3.05, 3.63) is 98.0 Å². The first-order valence-electron chi connectivity index (χ1n) is 9.06. The Morgan fingerprint density at radius 1 is 1.03 bits per heavy atom. The molecular weight excluding hydrogens is 407 g/mol. The van der Waals surface area contributed by atoms with Crippen LogP contribution in [0.4, 0.5) is 0 Å². The van der Waals surface area contributed by atoms with Crippen LogP contribution in [0.15, 0.2) is 65.7 Å². The van der Waals surface area contributed by atoms with Crippen LogP contribution >= 0.6 is 23.2 Å². The van der Waals surface area contributed by atoms with E-state index < -0.39 is 0 Å². The van der Waals surface area contributed by atoms with Gasteiger partial charge >= 0.3 is 0 Å². The number of ether oxygens (including phenoxy) is 1. The number of para-hydroxylation sites is 1. The van der Waals surface area contributed by atoms with E-state index in [1.54, 1.807) is 18.0 Å². The molecule has 6 heteroatoms. The summed E-state index contributed by atoms with van der Waals surface area (Å²) >= 11 is 13.0. The predicted molar refractivity (Wildman–Crippen MR) is 118 cm³/mol. The van der Waals surface area contributed by atoms with Crippen molar-refractivity contribution in [3.8, 4) is 11.4 Å². The van der Waals surface area contributed by atoms with Gasteiger partial charge in [0.1, 0.15) is 12.1 Å². The first kappa shape index (κ1) is 19.5. The largest absolute Gasteiger partial charge is 0.495 e. The van der Waals surface area contributed by atoms with Gasteiger partial charge < -0.3 is 4.74 Å². The monoisotopic (exact) mass is 424 g/mol. The standard InChI is InChI=1S/C23H18Cl2N2O2/c1-14-10-20(29-2)22(25)18(21(14)24)12-15-8-9-19-17(11-15)23(28)27(13-26-19)16-6-4-3-5-7-16/h3-11,13H,12H2,1-2H3. The van der Waals surface area contributed by atoms with E-state index in [9.17, 15) is 4.79 Å². The molecule has 4 nitrogen and oxygen atoms in total. The van der Waals surface area contributed by atoms with Crippen LogP contribution in [0, 0.1) is 6.92 Å². The summed E-state index contributed by atoms with van der Waals surface area (Å²) in [4.78, 5) is 17.5. The second-order valence-electron chi connectivity index (χ2n) is 6.79. The number of fused-ring (bicyclic) bond motifs is 1.